The van der Waals surface area contributed by atoms with Crippen LogP contribution in [0.1, 0.15) is 5.56 Å². The van der Waals surface area contributed by atoms with Gasteiger partial charge in [0.15, 0.2) is 0 Å². The predicted octanol–water partition coefficient (Wildman–Crippen LogP) is 2.88. The van der Waals surface area contributed by atoms with Gasteiger partial charge < -0.3 is 4.74 Å². The van der Waals surface area contributed by atoms with Crippen LogP contribution in [0.5, 0.6) is 5.75 Å². The molecule has 0 bridgehead atoms. The van der Waals surface area contributed by atoms with Gasteiger partial charge in [0.1, 0.15) is 11.8 Å². The maximum Gasteiger partial charge on any atom is 0.138 e. The number of aromatic nitrogens is 1. The van der Waals surface area contributed by atoms with Crippen molar-refractivity contribution in [2.75, 3.05) is 7.11 Å². The molecule has 2 rings (SSSR count). The molecular formula is C11H7BrN2O. The molecule has 0 saturated heterocycles. The summed E-state index contributed by atoms with van der Waals surface area (Å²) < 4.78 is 6.03. The number of nitrogens with zero attached hydrogens (tertiary/aromatic N) is 2. The average Bonchev–Trinajstić information content (AvgIpc) is 2.28. The Morgan fingerprint density at radius 2 is 2.27 bits per heavy atom. The lowest BCUT2D eigenvalue weighted by Gasteiger charge is -2.05. The molecule has 1 heterocycles. The second-order valence-corrected chi connectivity index (χ2v) is 3.83. The van der Waals surface area contributed by atoms with E-state index in [0.717, 1.165) is 15.4 Å². The number of methoxy groups -OCH3 is 1. The van der Waals surface area contributed by atoms with Crippen LogP contribution in [0.25, 0.3) is 10.9 Å². The van der Waals surface area contributed by atoms with E-state index in [4.69, 9.17) is 10.00 Å². The molecule has 15 heavy (non-hydrogen) atoms. The summed E-state index contributed by atoms with van der Waals surface area (Å²) in [5.41, 5.74) is 1.32. The van der Waals surface area contributed by atoms with E-state index in [0.29, 0.717) is 11.3 Å². The van der Waals surface area contributed by atoms with Crippen molar-refractivity contribution in [2.45, 2.75) is 0 Å². The Morgan fingerprint density at radius 1 is 1.47 bits per heavy atom. The summed E-state index contributed by atoms with van der Waals surface area (Å²) in [5, 5.41) is 9.85. The predicted molar refractivity (Wildman–Crippen MR) is 60.7 cm³/mol. The molecule has 74 valence electrons. The summed E-state index contributed by atoms with van der Waals surface area (Å²) in [6.45, 7) is 0. The molecule has 3 nitrogen and oxygen atoms in total. The van der Waals surface area contributed by atoms with Gasteiger partial charge in [0.05, 0.1) is 18.2 Å². The van der Waals surface area contributed by atoms with E-state index in [-0.39, 0.29) is 0 Å². The van der Waals surface area contributed by atoms with E-state index in [9.17, 15) is 0 Å². The monoisotopic (exact) mass is 262 g/mol. The van der Waals surface area contributed by atoms with Crippen LogP contribution in [-0.4, -0.2) is 12.1 Å². The highest BCUT2D eigenvalue weighted by atomic mass is 79.9. The zero-order chi connectivity index (χ0) is 10.8. The molecule has 0 amide bonds. The SMILES string of the molecule is COc1cc2nccc(Br)c2cc1C#N. The van der Waals surface area contributed by atoms with E-state index in [1.165, 1.54) is 0 Å². The van der Waals surface area contributed by atoms with Gasteiger partial charge in [-0.05, 0) is 12.1 Å². The second-order valence-electron chi connectivity index (χ2n) is 2.97. The minimum Gasteiger partial charge on any atom is -0.495 e. The van der Waals surface area contributed by atoms with Gasteiger partial charge in [-0.25, -0.2) is 0 Å². The Hall–Kier alpha value is -1.60. The number of nitriles is 1. The molecule has 2 aromatic rings. The van der Waals surface area contributed by atoms with E-state index >= 15 is 0 Å². The van der Waals surface area contributed by atoms with Crippen LogP contribution >= 0.6 is 15.9 Å². The van der Waals surface area contributed by atoms with Gasteiger partial charge in [-0.1, -0.05) is 15.9 Å². The molecule has 0 N–H and O–H groups in total. The summed E-state index contributed by atoms with van der Waals surface area (Å²) in [6.07, 6.45) is 1.71. The maximum absolute atomic E-state index is 8.93. The highest BCUT2D eigenvalue weighted by Gasteiger charge is 2.07. The second kappa shape index (κ2) is 3.87. The van der Waals surface area contributed by atoms with Crippen LogP contribution in [0.2, 0.25) is 0 Å². The minimum absolute atomic E-state index is 0.513. The molecule has 0 aliphatic heterocycles. The topological polar surface area (TPSA) is 45.9 Å². The Morgan fingerprint density at radius 3 is 2.93 bits per heavy atom. The summed E-state index contributed by atoms with van der Waals surface area (Å²) in [5.74, 6) is 0.551. The first-order valence-corrected chi connectivity index (χ1v) is 5.08. The Labute approximate surface area is 95.4 Å². The van der Waals surface area contributed by atoms with Crippen molar-refractivity contribution >= 4 is 26.8 Å². The largest absolute Gasteiger partial charge is 0.495 e. The van der Waals surface area contributed by atoms with Crippen LogP contribution in [0.4, 0.5) is 0 Å². The molecule has 4 heteroatoms. The smallest absolute Gasteiger partial charge is 0.138 e. The van der Waals surface area contributed by atoms with Crippen LogP contribution in [-0.2, 0) is 0 Å². The lowest BCUT2D eigenvalue weighted by Crippen LogP contribution is -1.89. The molecule has 0 unspecified atom stereocenters. The van der Waals surface area contributed by atoms with Gasteiger partial charge in [-0.3, -0.25) is 4.98 Å². The van der Waals surface area contributed by atoms with Gasteiger partial charge in [-0.2, -0.15) is 5.26 Å². The first kappa shape index (κ1) is 9.94. The molecule has 1 aromatic carbocycles. The summed E-state index contributed by atoms with van der Waals surface area (Å²) in [4.78, 5) is 4.21. The van der Waals surface area contributed by atoms with E-state index < -0.39 is 0 Å². The summed E-state index contributed by atoms with van der Waals surface area (Å²) in [7, 11) is 1.54. The Kier molecular flexibility index (Phi) is 2.57. The number of hydrogen-bond donors (Lipinski definition) is 0. The molecule has 0 fully saturated rings. The van der Waals surface area contributed by atoms with E-state index in [2.05, 4.69) is 27.0 Å². The van der Waals surface area contributed by atoms with Crippen molar-refractivity contribution in [1.29, 1.82) is 5.26 Å². The Bertz CT molecular complexity index is 560. The lowest BCUT2D eigenvalue weighted by atomic mass is 10.1. The van der Waals surface area contributed by atoms with Crippen molar-refractivity contribution in [2.24, 2.45) is 0 Å². The van der Waals surface area contributed by atoms with Gasteiger partial charge in [-0.15, -0.1) is 0 Å². The molecule has 0 aliphatic rings. The number of hydrogen-bond acceptors (Lipinski definition) is 3. The fourth-order valence-electron chi connectivity index (χ4n) is 1.40. The summed E-state index contributed by atoms with van der Waals surface area (Å²) in [6, 6.07) is 7.47. The van der Waals surface area contributed by atoms with Crippen LogP contribution in [0, 0.1) is 11.3 Å². The summed E-state index contributed by atoms with van der Waals surface area (Å²) >= 11 is 3.42. The zero-order valence-electron chi connectivity index (χ0n) is 7.99. The van der Waals surface area contributed by atoms with Crippen molar-refractivity contribution in [3.63, 3.8) is 0 Å². The molecule has 0 aliphatic carbocycles. The third-order valence-corrected chi connectivity index (χ3v) is 2.82. The molecule has 1 aromatic heterocycles. The van der Waals surface area contributed by atoms with E-state index in [1.54, 1.807) is 25.4 Å². The van der Waals surface area contributed by atoms with E-state index in [1.807, 2.05) is 6.07 Å². The van der Waals surface area contributed by atoms with Crippen molar-refractivity contribution in [3.05, 3.63) is 34.4 Å². The van der Waals surface area contributed by atoms with Gasteiger partial charge in [0.25, 0.3) is 0 Å². The molecular weight excluding hydrogens is 256 g/mol. The lowest BCUT2D eigenvalue weighted by molar-refractivity contribution is 0.414. The first-order valence-electron chi connectivity index (χ1n) is 4.28. The number of fused-ring (bicyclic) bond motifs is 1. The van der Waals surface area contributed by atoms with Crippen LogP contribution in [0.15, 0.2) is 28.9 Å². The Balaban J connectivity index is 2.83. The van der Waals surface area contributed by atoms with Crippen molar-refractivity contribution in [3.8, 4) is 11.8 Å². The third-order valence-electron chi connectivity index (χ3n) is 2.13. The van der Waals surface area contributed by atoms with Gasteiger partial charge in [0, 0.05) is 22.1 Å². The van der Waals surface area contributed by atoms with Crippen molar-refractivity contribution in [1.82, 2.24) is 4.98 Å². The number of ether oxygens (including phenoxy) is 1. The number of rotatable bonds is 1. The first-order chi connectivity index (χ1) is 7.26. The molecule has 0 atom stereocenters. The van der Waals surface area contributed by atoms with Gasteiger partial charge >= 0.3 is 0 Å². The fourth-order valence-corrected chi connectivity index (χ4v) is 1.83. The average molecular weight is 263 g/mol. The quantitative estimate of drug-likeness (QED) is 0.794. The van der Waals surface area contributed by atoms with Crippen LogP contribution < -0.4 is 4.74 Å². The normalized spacial score (nSPS) is 9.93. The van der Waals surface area contributed by atoms with Crippen LogP contribution in [0.3, 0.4) is 0 Å². The maximum atomic E-state index is 8.93. The highest BCUT2D eigenvalue weighted by molar-refractivity contribution is 9.10. The number of halogens is 1. The number of benzene rings is 1. The molecule has 0 saturated carbocycles. The molecule has 0 radical (unpaired) electrons. The zero-order valence-corrected chi connectivity index (χ0v) is 9.58. The number of pyridine rings is 1. The van der Waals surface area contributed by atoms with Gasteiger partial charge in [0.2, 0.25) is 0 Å². The minimum atomic E-state index is 0.513. The molecule has 0 spiro atoms. The third kappa shape index (κ3) is 1.66. The highest BCUT2D eigenvalue weighted by Crippen LogP contribution is 2.28. The standard InChI is InChI=1S/C11H7BrN2O/c1-15-11-5-10-8(4-7(11)6-13)9(12)2-3-14-10/h2-5H,1H3. The van der Waals surface area contributed by atoms with Crippen molar-refractivity contribution < 1.29 is 4.74 Å². The fraction of sp³-hybridized carbons (Fsp3) is 0.0909.